The molecule has 0 aromatic heterocycles. The van der Waals surface area contributed by atoms with Crippen LogP contribution < -0.4 is 0 Å². The van der Waals surface area contributed by atoms with E-state index in [1.54, 1.807) is 0 Å². The summed E-state index contributed by atoms with van der Waals surface area (Å²) in [6.45, 7) is 7.29. The molecule has 2 rings (SSSR count). The third-order valence-corrected chi connectivity index (χ3v) is 5.53. The van der Waals surface area contributed by atoms with Crippen LogP contribution in [0.15, 0.2) is 0 Å². The van der Waals surface area contributed by atoms with Gasteiger partial charge in [-0.2, -0.15) is 12.6 Å². The normalized spacial score (nSPS) is 53.5. The molecule has 11 heavy (non-hydrogen) atoms. The molecule has 0 unspecified atom stereocenters. The first kappa shape index (κ1) is 7.97. The first-order chi connectivity index (χ1) is 4.98. The zero-order valence-corrected chi connectivity index (χ0v) is 8.62. The molecule has 0 radical (unpaired) electrons. The molecular weight excluding hydrogens is 152 g/mol. The van der Waals surface area contributed by atoms with Gasteiger partial charge in [0.2, 0.25) is 0 Å². The average Bonchev–Trinajstić information content (AvgIpc) is 2.20. The molecule has 0 aromatic carbocycles. The van der Waals surface area contributed by atoms with Gasteiger partial charge in [0.05, 0.1) is 0 Å². The minimum atomic E-state index is 0.529. The van der Waals surface area contributed by atoms with Crippen LogP contribution in [0.25, 0.3) is 0 Å². The van der Waals surface area contributed by atoms with Crippen LogP contribution in [0, 0.1) is 16.7 Å². The Hall–Kier alpha value is 0.350. The summed E-state index contributed by atoms with van der Waals surface area (Å²) >= 11 is 4.70. The van der Waals surface area contributed by atoms with Crippen LogP contribution in [-0.2, 0) is 0 Å². The minimum absolute atomic E-state index is 0.529. The van der Waals surface area contributed by atoms with Crippen LogP contribution >= 0.6 is 12.6 Å². The van der Waals surface area contributed by atoms with E-state index in [0.29, 0.717) is 16.1 Å². The van der Waals surface area contributed by atoms with Crippen molar-refractivity contribution in [3.8, 4) is 0 Å². The van der Waals surface area contributed by atoms with Crippen LogP contribution in [0.3, 0.4) is 0 Å². The summed E-state index contributed by atoms with van der Waals surface area (Å²) in [4.78, 5) is 0. The van der Waals surface area contributed by atoms with Crippen molar-refractivity contribution in [1.82, 2.24) is 0 Å². The highest BCUT2D eigenvalue weighted by Gasteiger charge is 2.60. The summed E-state index contributed by atoms with van der Waals surface area (Å²) in [7, 11) is 0. The van der Waals surface area contributed by atoms with Gasteiger partial charge in [0.25, 0.3) is 0 Å². The van der Waals surface area contributed by atoms with E-state index in [1.807, 2.05) is 0 Å². The molecule has 0 aliphatic heterocycles. The molecule has 0 amide bonds. The van der Waals surface area contributed by atoms with Gasteiger partial charge >= 0.3 is 0 Å². The van der Waals surface area contributed by atoms with Crippen LogP contribution in [0.1, 0.15) is 40.0 Å². The molecule has 0 spiro atoms. The molecule has 1 heteroatoms. The highest BCUT2D eigenvalue weighted by atomic mass is 32.1. The maximum absolute atomic E-state index is 4.70. The van der Waals surface area contributed by atoms with E-state index in [-0.39, 0.29) is 0 Å². The molecule has 3 atom stereocenters. The van der Waals surface area contributed by atoms with Crippen LogP contribution in [0.5, 0.6) is 0 Å². The molecule has 0 heterocycles. The molecule has 2 aliphatic rings. The summed E-state index contributed by atoms with van der Waals surface area (Å²) in [6.07, 6.45) is 4.20. The Morgan fingerprint density at radius 1 is 1.27 bits per heavy atom. The first-order valence-electron chi connectivity index (χ1n) is 4.66. The molecule has 64 valence electrons. The largest absolute Gasteiger partial charge is 0.175 e. The summed E-state index contributed by atoms with van der Waals surface area (Å²) in [5.74, 6) is 0.954. The summed E-state index contributed by atoms with van der Waals surface area (Å²) < 4.78 is 0. The van der Waals surface area contributed by atoms with E-state index in [9.17, 15) is 0 Å². The minimum Gasteiger partial charge on any atom is -0.175 e. The van der Waals surface area contributed by atoms with Gasteiger partial charge in [0, 0.05) is 5.25 Å². The van der Waals surface area contributed by atoms with Gasteiger partial charge in [-0.25, -0.2) is 0 Å². The number of rotatable bonds is 0. The summed E-state index contributed by atoms with van der Waals surface area (Å²) in [5, 5.41) is 0.663. The van der Waals surface area contributed by atoms with Crippen LogP contribution in [0.2, 0.25) is 0 Å². The van der Waals surface area contributed by atoms with E-state index >= 15 is 0 Å². The zero-order valence-electron chi connectivity index (χ0n) is 7.72. The molecule has 2 saturated carbocycles. The fourth-order valence-electron chi connectivity index (χ4n) is 3.16. The van der Waals surface area contributed by atoms with E-state index in [2.05, 4.69) is 20.8 Å². The summed E-state index contributed by atoms with van der Waals surface area (Å²) in [6, 6.07) is 0. The lowest BCUT2D eigenvalue weighted by molar-refractivity contribution is 0.157. The number of fused-ring (bicyclic) bond motifs is 2. The Morgan fingerprint density at radius 3 is 2.09 bits per heavy atom. The van der Waals surface area contributed by atoms with Crippen molar-refractivity contribution in [3.63, 3.8) is 0 Å². The van der Waals surface area contributed by atoms with Crippen molar-refractivity contribution < 1.29 is 0 Å². The predicted octanol–water partition coefficient (Wildman–Crippen LogP) is 3.13. The average molecular weight is 170 g/mol. The maximum atomic E-state index is 4.70. The topological polar surface area (TPSA) is 0 Å². The Kier molecular flexibility index (Phi) is 1.44. The van der Waals surface area contributed by atoms with Gasteiger partial charge in [-0.15, -0.1) is 0 Å². The molecule has 0 aromatic rings. The number of hydrogen-bond donors (Lipinski definition) is 1. The van der Waals surface area contributed by atoms with Gasteiger partial charge in [-0.1, -0.05) is 20.8 Å². The van der Waals surface area contributed by atoms with E-state index < -0.39 is 0 Å². The predicted molar refractivity (Wildman–Crippen MR) is 52.0 cm³/mol. The van der Waals surface area contributed by atoms with Gasteiger partial charge in [0.1, 0.15) is 0 Å². The lowest BCUT2D eigenvalue weighted by atomic mass is 9.71. The van der Waals surface area contributed by atoms with Crippen LogP contribution in [0.4, 0.5) is 0 Å². The molecule has 2 aliphatic carbocycles. The van der Waals surface area contributed by atoms with Gasteiger partial charge in [-0.3, -0.25) is 0 Å². The third kappa shape index (κ3) is 0.734. The molecular formula is C10H18S. The lowest BCUT2D eigenvalue weighted by Gasteiger charge is -2.37. The quantitative estimate of drug-likeness (QED) is 0.531. The Labute approximate surface area is 75.2 Å². The molecule has 0 nitrogen and oxygen atoms in total. The molecule has 0 N–H and O–H groups in total. The van der Waals surface area contributed by atoms with Gasteiger partial charge in [-0.05, 0) is 36.0 Å². The SMILES string of the molecule is CC1(C)[C@@H]2CC[C@@]1(C)[C@H](S)C2. The standard InChI is InChI=1S/C10H18S/c1-9(2)7-4-5-10(9,3)8(11)6-7/h7-8,11H,4-6H2,1-3H3/t7-,8-,10+/m1/s1. The fourth-order valence-corrected chi connectivity index (χ4v) is 3.88. The Morgan fingerprint density at radius 2 is 1.91 bits per heavy atom. The van der Waals surface area contributed by atoms with Crippen molar-refractivity contribution in [3.05, 3.63) is 0 Å². The van der Waals surface area contributed by atoms with Gasteiger partial charge in [0.15, 0.2) is 0 Å². The Bertz CT molecular complexity index is 185. The summed E-state index contributed by atoms with van der Waals surface area (Å²) in [5.41, 5.74) is 1.08. The second-order valence-electron chi connectivity index (χ2n) is 5.13. The monoisotopic (exact) mass is 170 g/mol. The van der Waals surface area contributed by atoms with Crippen molar-refractivity contribution in [2.75, 3.05) is 0 Å². The van der Waals surface area contributed by atoms with E-state index in [1.165, 1.54) is 19.3 Å². The van der Waals surface area contributed by atoms with E-state index in [4.69, 9.17) is 12.6 Å². The Balaban J connectivity index is 2.40. The van der Waals surface area contributed by atoms with Crippen molar-refractivity contribution in [2.45, 2.75) is 45.3 Å². The molecule has 0 saturated heterocycles. The fraction of sp³-hybridized carbons (Fsp3) is 1.00. The van der Waals surface area contributed by atoms with Crippen molar-refractivity contribution in [1.29, 1.82) is 0 Å². The van der Waals surface area contributed by atoms with Crippen LogP contribution in [-0.4, -0.2) is 5.25 Å². The molecule has 2 bridgehead atoms. The van der Waals surface area contributed by atoms with Crippen molar-refractivity contribution >= 4 is 12.6 Å². The third-order valence-electron chi connectivity index (χ3n) is 4.75. The highest BCUT2D eigenvalue weighted by molar-refractivity contribution is 7.81. The van der Waals surface area contributed by atoms with E-state index in [0.717, 1.165) is 5.92 Å². The second-order valence-corrected chi connectivity index (χ2v) is 5.75. The smallest absolute Gasteiger partial charge is 0.00786 e. The number of hydrogen-bond acceptors (Lipinski definition) is 1. The second kappa shape index (κ2) is 1.99. The highest BCUT2D eigenvalue weighted by Crippen LogP contribution is 2.66. The zero-order chi connectivity index (χ0) is 8.28. The van der Waals surface area contributed by atoms with Crippen molar-refractivity contribution in [2.24, 2.45) is 16.7 Å². The first-order valence-corrected chi connectivity index (χ1v) is 5.18. The lowest BCUT2D eigenvalue weighted by Crippen LogP contribution is -2.32. The number of thiol groups is 1. The maximum Gasteiger partial charge on any atom is 0.00786 e. The molecule has 2 fully saturated rings. The van der Waals surface area contributed by atoms with Gasteiger partial charge < -0.3 is 0 Å².